The first kappa shape index (κ1) is 21.4. The summed E-state index contributed by atoms with van der Waals surface area (Å²) in [6.45, 7) is 6.04. The van der Waals surface area contributed by atoms with Crippen LogP contribution in [0.3, 0.4) is 0 Å². The third-order valence-corrected chi connectivity index (χ3v) is 5.55. The van der Waals surface area contributed by atoms with Crippen molar-refractivity contribution < 1.29 is 9.53 Å². The molecule has 1 aromatic heterocycles. The van der Waals surface area contributed by atoms with E-state index in [1.807, 2.05) is 87.5 Å². The molecule has 1 amide bonds. The first-order valence-electron chi connectivity index (χ1n) is 10.6. The monoisotopic (exact) mass is 425 g/mol. The first-order valence-corrected chi connectivity index (χ1v) is 10.6. The Bertz CT molecular complexity index is 1250. The topological polar surface area (TPSA) is 56.1 Å². The minimum Gasteiger partial charge on any atom is -0.497 e. The van der Waals surface area contributed by atoms with Crippen molar-refractivity contribution in [3.8, 4) is 22.7 Å². The largest absolute Gasteiger partial charge is 0.497 e. The zero-order chi connectivity index (χ0) is 22.7. The molecule has 5 nitrogen and oxygen atoms in total. The lowest BCUT2D eigenvalue weighted by Gasteiger charge is -2.16. The van der Waals surface area contributed by atoms with Gasteiger partial charge >= 0.3 is 0 Å². The lowest BCUT2D eigenvalue weighted by molar-refractivity contribution is 0.0932. The molecule has 0 aliphatic heterocycles. The van der Waals surface area contributed by atoms with E-state index in [2.05, 4.69) is 17.4 Å². The fourth-order valence-corrected chi connectivity index (χ4v) is 3.69. The number of nitrogens with zero attached hydrogens (tertiary/aromatic N) is 2. The van der Waals surface area contributed by atoms with Crippen molar-refractivity contribution in [1.82, 2.24) is 15.1 Å². The molecule has 0 spiro atoms. The molecule has 0 saturated heterocycles. The predicted octanol–water partition coefficient (Wildman–Crippen LogP) is 5.66. The molecule has 4 rings (SSSR count). The normalized spacial score (nSPS) is 11.8. The number of rotatable bonds is 6. The minimum absolute atomic E-state index is 0.133. The third-order valence-electron chi connectivity index (χ3n) is 5.55. The van der Waals surface area contributed by atoms with Gasteiger partial charge in [0, 0.05) is 5.56 Å². The Morgan fingerprint density at radius 3 is 2.50 bits per heavy atom. The summed E-state index contributed by atoms with van der Waals surface area (Å²) in [4.78, 5) is 13.4. The van der Waals surface area contributed by atoms with Crippen LogP contribution in [0.2, 0.25) is 0 Å². The lowest BCUT2D eigenvalue weighted by atomic mass is 10.1. The number of methoxy groups -OCH3 is 1. The number of carbonyl (C=O) groups is 1. The van der Waals surface area contributed by atoms with Gasteiger partial charge in [0.15, 0.2) is 0 Å². The molecule has 0 saturated carbocycles. The summed E-state index contributed by atoms with van der Waals surface area (Å²) in [6.07, 6.45) is 0. The van der Waals surface area contributed by atoms with Gasteiger partial charge in [-0.25, -0.2) is 4.68 Å². The van der Waals surface area contributed by atoms with Crippen LogP contribution in [0.5, 0.6) is 5.75 Å². The molecule has 1 atom stereocenters. The number of aryl methyl sites for hydroxylation is 2. The zero-order valence-electron chi connectivity index (χ0n) is 18.8. The number of amides is 1. The Labute approximate surface area is 188 Å². The van der Waals surface area contributed by atoms with Crippen molar-refractivity contribution in [3.63, 3.8) is 0 Å². The molecular weight excluding hydrogens is 398 g/mol. The summed E-state index contributed by atoms with van der Waals surface area (Å²) in [6, 6.07) is 25.5. The lowest BCUT2D eigenvalue weighted by Crippen LogP contribution is -2.28. The van der Waals surface area contributed by atoms with Crippen LogP contribution in [0.25, 0.3) is 16.9 Å². The maximum atomic E-state index is 13.4. The van der Waals surface area contributed by atoms with E-state index in [0.29, 0.717) is 11.4 Å². The van der Waals surface area contributed by atoms with Crippen molar-refractivity contribution in [3.05, 3.63) is 101 Å². The predicted molar refractivity (Wildman–Crippen MR) is 127 cm³/mol. The highest BCUT2D eigenvalue weighted by Crippen LogP contribution is 2.27. The number of nitrogens with one attached hydrogen (secondary N) is 1. The van der Waals surface area contributed by atoms with Crippen LogP contribution in [0.4, 0.5) is 0 Å². The smallest absolute Gasteiger partial charge is 0.270 e. The fraction of sp³-hybridized carbons (Fsp3) is 0.185. The molecule has 4 aromatic rings. The van der Waals surface area contributed by atoms with Gasteiger partial charge in [-0.2, -0.15) is 5.10 Å². The van der Waals surface area contributed by atoms with Crippen molar-refractivity contribution >= 4 is 5.91 Å². The summed E-state index contributed by atoms with van der Waals surface area (Å²) in [5, 5.41) is 7.95. The molecule has 1 unspecified atom stereocenters. The van der Waals surface area contributed by atoms with E-state index in [9.17, 15) is 4.79 Å². The van der Waals surface area contributed by atoms with Crippen LogP contribution in [0.1, 0.15) is 40.1 Å². The number of ether oxygens (including phenoxy) is 1. The van der Waals surface area contributed by atoms with Crippen molar-refractivity contribution in [2.75, 3.05) is 7.11 Å². The fourth-order valence-electron chi connectivity index (χ4n) is 3.69. The Kier molecular flexibility index (Phi) is 6.08. The summed E-state index contributed by atoms with van der Waals surface area (Å²) in [5.74, 6) is 0.566. The van der Waals surface area contributed by atoms with Gasteiger partial charge in [-0.05, 0) is 61.7 Å². The second kappa shape index (κ2) is 9.10. The molecular formula is C27H27N3O2. The first-order chi connectivity index (χ1) is 15.5. The van der Waals surface area contributed by atoms with E-state index < -0.39 is 0 Å². The summed E-state index contributed by atoms with van der Waals surface area (Å²) < 4.78 is 7.11. The van der Waals surface area contributed by atoms with Crippen LogP contribution < -0.4 is 10.1 Å². The summed E-state index contributed by atoms with van der Waals surface area (Å²) >= 11 is 0. The van der Waals surface area contributed by atoms with E-state index in [4.69, 9.17) is 9.84 Å². The van der Waals surface area contributed by atoms with Crippen molar-refractivity contribution in [2.45, 2.75) is 26.8 Å². The molecule has 162 valence electrons. The van der Waals surface area contributed by atoms with Crippen LogP contribution in [-0.2, 0) is 0 Å². The summed E-state index contributed by atoms with van der Waals surface area (Å²) in [7, 11) is 1.64. The van der Waals surface area contributed by atoms with Crippen molar-refractivity contribution in [2.24, 2.45) is 0 Å². The van der Waals surface area contributed by atoms with Gasteiger partial charge in [0.05, 0.1) is 24.5 Å². The van der Waals surface area contributed by atoms with Crippen LogP contribution in [-0.4, -0.2) is 22.8 Å². The molecule has 0 aliphatic rings. The van der Waals surface area contributed by atoms with Crippen LogP contribution in [0.15, 0.2) is 78.9 Å². The quantitative estimate of drug-likeness (QED) is 0.434. The average Bonchev–Trinajstić information content (AvgIpc) is 3.27. The third kappa shape index (κ3) is 4.42. The van der Waals surface area contributed by atoms with E-state index in [-0.39, 0.29) is 11.9 Å². The highest BCUT2D eigenvalue weighted by molar-refractivity contribution is 5.94. The molecule has 1 N–H and O–H groups in total. The number of carbonyl (C=O) groups excluding carboxylic acids is 1. The molecule has 0 fully saturated rings. The molecule has 0 radical (unpaired) electrons. The van der Waals surface area contributed by atoms with Gasteiger partial charge in [0.2, 0.25) is 0 Å². The molecule has 32 heavy (non-hydrogen) atoms. The number of hydrogen-bond donors (Lipinski definition) is 1. The van der Waals surface area contributed by atoms with Gasteiger partial charge in [0.1, 0.15) is 11.4 Å². The Balaban J connectivity index is 1.78. The minimum atomic E-state index is -0.177. The molecule has 1 heterocycles. The maximum Gasteiger partial charge on any atom is 0.270 e. The van der Waals surface area contributed by atoms with Crippen LogP contribution in [0, 0.1) is 13.8 Å². The Morgan fingerprint density at radius 2 is 1.75 bits per heavy atom. The number of hydrogen-bond acceptors (Lipinski definition) is 3. The second-order valence-corrected chi connectivity index (χ2v) is 7.95. The van der Waals surface area contributed by atoms with Crippen molar-refractivity contribution in [1.29, 1.82) is 0 Å². The highest BCUT2D eigenvalue weighted by Gasteiger charge is 2.21. The van der Waals surface area contributed by atoms with Gasteiger partial charge in [-0.1, -0.05) is 54.6 Å². The van der Waals surface area contributed by atoms with Crippen LogP contribution >= 0.6 is 0 Å². The van der Waals surface area contributed by atoms with E-state index in [1.165, 1.54) is 0 Å². The van der Waals surface area contributed by atoms with E-state index in [0.717, 1.165) is 33.7 Å². The zero-order valence-corrected chi connectivity index (χ0v) is 18.8. The molecule has 0 aliphatic carbocycles. The number of benzene rings is 3. The van der Waals surface area contributed by atoms with E-state index >= 15 is 0 Å². The second-order valence-electron chi connectivity index (χ2n) is 7.95. The van der Waals surface area contributed by atoms with E-state index in [1.54, 1.807) is 11.8 Å². The maximum absolute atomic E-state index is 13.4. The van der Waals surface area contributed by atoms with Gasteiger partial charge in [0.25, 0.3) is 5.91 Å². The summed E-state index contributed by atoms with van der Waals surface area (Å²) in [5.41, 5.74) is 6.16. The molecule has 3 aromatic carbocycles. The van der Waals surface area contributed by atoms with Gasteiger partial charge < -0.3 is 10.1 Å². The SMILES string of the molecule is COc1cccc(-c2cc(C(=O)NC(C)c3ccccc3)n(-c3cc(C)ccc3C)n2)c1. The van der Waals surface area contributed by atoms with Gasteiger partial charge in [-0.15, -0.1) is 0 Å². The van der Waals surface area contributed by atoms with Gasteiger partial charge in [-0.3, -0.25) is 4.79 Å². The Morgan fingerprint density at radius 1 is 0.969 bits per heavy atom. The Hall–Kier alpha value is -3.86. The number of aromatic nitrogens is 2. The molecule has 0 bridgehead atoms. The molecule has 5 heteroatoms. The standard InChI is InChI=1S/C27H27N3O2/c1-18-13-14-19(2)25(15-18)30-26(27(31)28-20(3)21-9-6-5-7-10-21)17-24(29-30)22-11-8-12-23(16-22)32-4/h5-17,20H,1-4H3,(H,28,31). The average molecular weight is 426 g/mol. The highest BCUT2D eigenvalue weighted by atomic mass is 16.5.